The fraction of sp³-hybridized carbons (Fsp3) is 0. The van der Waals surface area contributed by atoms with Crippen LogP contribution in [0.4, 0.5) is 5.69 Å². The van der Waals surface area contributed by atoms with E-state index in [-0.39, 0.29) is 0 Å². The summed E-state index contributed by atoms with van der Waals surface area (Å²) in [5.41, 5.74) is -0.234. The number of H-pyrrole nitrogens is 3. The maximum atomic E-state index is 12.1. The van der Waals surface area contributed by atoms with Gasteiger partial charge in [0.15, 0.2) is 5.56 Å². The van der Waals surface area contributed by atoms with Crippen molar-refractivity contribution in [1.29, 1.82) is 0 Å². The summed E-state index contributed by atoms with van der Waals surface area (Å²) < 4.78 is 0. The van der Waals surface area contributed by atoms with E-state index in [1.54, 1.807) is 36.7 Å². The third-order valence-electron chi connectivity index (χ3n) is 3.12. The summed E-state index contributed by atoms with van der Waals surface area (Å²) in [6, 6.07) is 6.79. The van der Waals surface area contributed by atoms with E-state index in [0.717, 1.165) is 11.1 Å². The van der Waals surface area contributed by atoms with Crippen molar-refractivity contribution in [1.82, 2.24) is 20.2 Å². The molecule has 5 N–H and O–H groups in total. The molecule has 0 spiro atoms. The van der Waals surface area contributed by atoms with Crippen molar-refractivity contribution in [2.45, 2.75) is 0 Å². The van der Waals surface area contributed by atoms with Crippen LogP contribution in [-0.4, -0.2) is 31.2 Å². The monoisotopic (exact) mass is 313 g/mol. The number of hydrogen-bond acceptors (Lipinski definition) is 5. The Balaban J connectivity index is 1.84. The molecule has 0 saturated heterocycles. The van der Waals surface area contributed by atoms with Crippen LogP contribution in [-0.2, 0) is 0 Å². The Labute approximate surface area is 128 Å². The second-order valence-corrected chi connectivity index (χ2v) is 4.65. The molecule has 23 heavy (non-hydrogen) atoms. The zero-order valence-electron chi connectivity index (χ0n) is 11.6. The van der Waals surface area contributed by atoms with Crippen LogP contribution in [0.3, 0.4) is 0 Å². The minimum atomic E-state index is -0.973. The number of benzene rings is 1. The van der Waals surface area contributed by atoms with Gasteiger partial charge in [-0.15, -0.1) is 0 Å². The fourth-order valence-corrected chi connectivity index (χ4v) is 2.03. The third-order valence-corrected chi connectivity index (χ3v) is 3.12. The lowest BCUT2D eigenvalue weighted by molar-refractivity contribution is 0.102. The van der Waals surface area contributed by atoms with Gasteiger partial charge in [-0.2, -0.15) is 5.10 Å². The maximum Gasteiger partial charge on any atom is 0.328 e. The van der Waals surface area contributed by atoms with Gasteiger partial charge >= 0.3 is 5.69 Å². The second-order valence-electron chi connectivity index (χ2n) is 4.65. The molecule has 0 saturated carbocycles. The van der Waals surface area contributed by atoms with Gasteiger partial charge in [0.05, 0.1) is 6.20 Å². The smallest absolute Gasteiger partial charge is 0.328 e. The second kappa shape index (κ2) is 5.64. The van der Waals surface area contributed by atoms with Gasteiger partial charge in [-0.1, -0.05) is 12.1 Å². The lowest BCUT2D eigenvalue weighted by atomic mass is 10.1. The molecule has 2 heterocycles. The van der Waals surface area contributed by atoms with Crippen molar-refractivity contribution in [3.8, 4) is 17.0 Å². The van der Waals surface area contributed by atoms with Gasteiger partial charge in [-0.05, 0) is 17.7 Å². The quantitative estimate of drug-likeness (QED) is 0.476. The van der Waals surface area contributed by atoms with Crippen molar-refractivity contribution in [3.63, 3.8) is 0 Å². The van der Waals surface area contributed by atoms with E-state index >= 15 is 0 Å². The van der Waals surface area contributed by atoms with Crippen LogP contribution < -0.4 is 16.6 Å². The van der Waals surface area contributed by atoms with Crippen LogP contribution in [0.2, 0.25) is 0 Å². The van der Waals surface area contributed by atoms with Crippen molar-refractivity contribution < 1.29 is 9.90 Å². The first-order valence-electron chi connectivity index (χ1n) is 6.51. The number of carbonyl (C=O) groups is 1. The SMILES string of the molecule is O=C(Nc1ccc(-c2cn[nH]c2)cc1)c1c(O)[nH]c(=O)[nH]c1=O. The van der Waals surface area contributed by atoms with Gasteiger partial charge < -0.3 is 10.4 Å². The highest BCUT2D eigenvalue weighted by atomic mass is 16.3. The normalized spacial score (nSPS) is 10.4. The molecule has 3 aromatic rings. The molecule has 9 heteroatoms. The Morgan fingerprint density at radius 3 is 2.43 bits per heavy atom. The van der Waals surface area contributed by atoms with E-state index in [1.807, 2.05) is 9.97 Å². The van der Waals surface area contributed by atoms with Gasteiger partial charge in [0.2, 0.25) is 5.88 Å². The van der Waals surface area contributed by atoms with Gasteiger partial charge in [-0.3, -0.25) is 24.7 Å². The summed E-state index contributed by atoms with van der Waals surface area (Å²) in [5.74, 6) is -1.62. The Morgan fingerprint density at radius 1 is 1.09 bits per heavy atom. The molecular formula is C14H11N5O4. The molecular weight excluding hydrogens is 302 g/mol. The standard InChI is InChI=1S/C14H11N5O4/c20-11(10-12(21)18-14(23)19-13(10)22)17-9-3-1-7(2-4-9)8-5-15-16-6-8/h1-6H,(H,15,16)(H,17,20)(H3,18,19,21,22,23). The predicted octanol–water partition coefficient (Wildman–Crippen LogP) is 0.411. The lowest BCUT2D eigenvalue weighted by Gasteiger charge is -2.06. The Hall–Kier alpha value is -3.62. The molecule has 2 aromatic heterocycles. The maximum absolute atomic E-state index is 12.1. The van der Waals surface area contributed by atoms with Gasteiger partial charge in [0.1, 0.15) is 0 Å². The van der Waals surface area contributed by atoms with E-state index in [2.05, 4.69) is 15.5 Å². The van der Waals surface area contributed by atoms with E-state index in [9.17, 15) is 19.5 Å². The number of aromatic hydroxyl groups is 1. The van der Waals surface area contributed by atoms with E-state index in [1.165, 1.54) is 0 Å². The van der Waals surface area contributed by atoms with Crippen LogP contribution >= 0.6 is 0 Å². The van der Waals surface area contributed by atoms with Crippen molar-refractivity contribution in [2.75, 3.05) is 5.32 Å². The first-order chi connectivity index (χ1) is 11.0. The number of anilines is 1. The van der Waals surface area contributed by atoms with Crippen LogP contribution in [0, 0.1) is 0 Å². The van der Waals surface area contributed by atoms with Gasteiger partial charge in [-0.25, -0.2) is 4.79 Å². The Bertz CT molecular complexity index is 954. The van der Waals surface area contributed by atoms with E-state index < -0.39 is 28.6 Å². The van der Waals surface area contributed by atoms with Crippen LogP contribution in [0.25, 0.3) is 11.1 Å². The average molecular weight is 313 g/mol. The molecule has 0 bridgehead atoms. The third kappa shape index (κ3) is 2.88. The zero-order valence-corrected chi connectivity index (χ0v) is 11.6. The summed E-state index contributed by atoms with van der Waals surface area (Å²) in [6.07, 6.45) is 3.39. The minimum Gasteiger partial charge on any atom is -0.494 e. The van der Waals surface area contributed by atoms with Crippen molar-refractivity contribution >= 4 is 11.6 Å². The molecule has 9 nitrogen and oxygen atoms in total. The first kappa shape index (κ1) is 14.3. The number of amides is 1. The molecule has 0 aliphatic heterocycles. The number of hydrogen-bond donors (Lipinski definition) is 5. The number of nitrogens with zero attached hydrogens (tertiary/aromatic N) is 1. The molecule has 0 unspecified atom stereocenters. The summed E-state index contributed by atoms with van der Waals surface area (Å²) in [6.45, 7) is 0. The number of rotatable bonds is 3. The lowest BCUT2D eigenvalue weighted by Crippen LogP contribution is -2.30. The topological polar surface area (TPSA) is 144 Å². The van der Waals surface area contributed by atoms with E-state index in [0.29, 0.717) is 5.69 Å². The van der Waals surface area contributed by atoms with Crippen LogP contribution in [0.1, 0.15) is 10.4 Å². The molecule has 0 atom stereocenters. The minimum absolute atomic E-state index is 0.423. The predicted molar refractivity (Wildman–Crippen MR) is 81.3 cm³/mol. The fourth-order valence-electron chi connectivity index (χ4n) is 2.03. The van der Waals surface area contributed by atoms with Crippen LogP contribution in [0.5, 0.6) is 5.88 Å². The molecule has 0 aliphatic carbocycles. The van der Waals surface area contributed by atoms with Gasteiger partial charge in [0, 0.05) is 17.4 Å². The summed E-state index contributed by atoms with van der Waals surface area (Å²) in [5, 5.41) is 18.6. The molecule has 0 radical (unpaired) electrons. The number of nitrogens with one attached hydrogen (secondary N) is 4. The van der Waals surface area contributed by atoms with E-state index in [4.69, 9.17) is 0 Å². The molecule has 1 aromatic carbocycles. The number of carbonyl (C=O) groups excluding carboxylic acids is 1. The Morgan fingerprint density at radius 2 is 1.83 bits per heavy atom. The van der Waals surface area contributed by atoms with Gasteiger partial charge in [0.25, 0.3) is 11.5 Å². The highest BCUT2D eigenvalue weighted by Crippen LogP contribution is 2.20. The van der Waals surface area contributed by atoms with Crippen molar-refractivity contribution in [3.05, 3.63) is 63.1 Å². The molecule has 3 rings (SSSR count). The molecule has 1 amide bonds. The Kier molecular flexibility index (Phi) is 3.51. The summed E-state index contributed by atoms with van der Waals surface area (Å²) >= 11 is 0. The van der Waals surface area contributed by atoms with Crippen molar-refractivity contribution in [2.24, 2.45) is 0 Å². The summed E-state index contributed by atoms with van der Waals surface area (Å²) in [7, 11) is 0. The highest BCUT2D eigenvalue weighted by Gasteiger charge is 2.17. The number of aromatic amines is 3. The number of aromatic nitrogens is 4. The molecule has 0 fully saturated rings. The zero-order chi connectivity index (χ0) is 16.4. The first-order valence-corrected chi connectivity index (χ1v) is 6.51. The van der Waals surface area contributed by atoms with Crippen LogP contribution in [0.15, 0.2) is 46.2 Å². The average Bonchev–Trinajstić information content (AvgIpc) is 3.01. The molecule has 0 aliphatic rings. The largest absolute Gasteiger partial charge is 0.494 e. The molecule has 116 valence electrons. The summed E-state index contributed by atoms with van der Waals surface area (Å²) in [4.78, 5) is 38.5. The highest BCUT2D eigenvalue weighted by molar-refractivity contribution is 6.05.